The van der Waals surface area contributed by atoms with Gasteiger partial charge in [0.15, 0.2) is 0 Å². The molecule has 0 atom stereocenters. The van der Waals surface area contributed by atoms with Gasteiger partial charge in [0.2, 0.25) is 0 Å². The van der Waals surface area contributed by atoms with E-state index in [9.17, 15) is 0 Å². The minimum absolute atomic E-state index is 0.223. The molecular weight excluding hydrogens is 195 g/mol. The van der Waals surface area contributed by atoms with Crippen LogP contribution in [0.25, 0.3) is 0 Å². The fourth-order valence-corrected chi connectivity index (χ4v) is 3.25. The molecule has 0 aromatic heterocycles. The van der Waals surface area contributed by atoms with E-state index in [0.29, 0.717) is 0 Å². The van der Waals surface area contributed by atoms with E-state index in [1.54, 1.807) is 0 Å². The zero-order valence-corrected chi connectivity index (χ0v) is 10.3. The molecule has 0 aliphatic carbocycles. The Bertz CT molecular complexity index is 270. The fourth-order valence-electron chi connectivity index (χ4n) is 1.36. The first-order chi connectivity index (χ1) is 6.49. The number of hydrogen-bond acceptors (Lipinski definition) is 2. The molecule has 80 valence electrons. The topological polar surface area (TPSA) is 18.5 Å². The third kappa shape index (κ3) is 4.08. The molecule has 0 heterocycles. The van der Waals surface area contributed by atoms with E-state index in [1.807, 2.05) is 44.2 Å². The molecule has 0 unspecified atom stereocenters. The molecule has 0 bridgehead atoms. The number of rotatable bonds is 4. The molecule has 1 aromatic carbocycles. The van der Waals surface area contributed by atoms with E-state index in [-0.39, 0.29) is 6.10 Å². The Kier molecular flexibility index (Phi) is 3.91. The fraction of sp³-hybridized carbons (Fsp3) is 0.455. The first-order valence-corrected chi connectivity index (χ1v) is 7.73. The van der Waals surface area contributed by atoms with Crippen molar-refractivity contribution in [2.45, 2.75) is 20.0 Å². The summed E-state index contributed by atoms with van der Waals surface area (Å²) >= 11 is 0. The van der Waals surface area contributed by atoms with Crippen molar-refractivity contribution in [1.82, 2.24) is 0 Å². The molecule has 0 N–H and O–H groups in total. The predicted octanol–water partition coefficient (Wildman–Crippen LogP) is 3.33. The molecule has 3 heteroatoms. The van der Waals surface area contributed by atoms with Crippen LogP contribution in [-0.2, 0) is 4.52 Å². The van der Waals surface area contributed by atoms with Crippen LogP contribution in [0.3, 0.4) is 0 Å². The molecule has 0 saturated heterocycles. The number of benzene rings is 1. The van der Waals surface area contributed by atoms with E-state index < -0.39 is 7.72 Å². The summed E-state index contributed by atoms with van der Waals surface area (Å²) in [6.45, 7) is 8.17. The average Bonchev–Trinajstić information content (AvgIpc) is 2.02. The van der Waals surface area contributed by atoms with Gasteiger partial charge in [0.1, 0.15) is 0 Å². The second kappa shape index (κ2) is 4.77. The van der Waals surface area contributed by atoms with Gasteiger partial charge < -0.3 is 0 Å². The Balaban J connectivity index is 2.59. The van der Waals surface area contributed by atoms with Crippen LogP contribution < -0.4 is 4.52 Å². The normalized spacial score (nSPS) is 12.9. The number of para-hydroxylation sites is 1. The molecule has 0 fully saturated rings. The van der Waals surface area contributed by atoms with Gasteiger partial charge in [-0.25, -0.2) is 0 Å². The molecule has 1 rings (SSSR count). The molecule has 0 saturated carbocycles. The summed E-state index contributed by atoms with van der Waals surface area (Å²) in [6, 6.07) is 9.83. The van der Waals surface area contributed by atoms with Crippen molar-refractivity contribution >= 4 is 7.72 Å². The predicted molar refractivity (Wildman–Crippen MR) is 63.5 cm³/mol. The van der Waals surface area contributed by atoms with Gasteiger partial charge in [0.05, 0.1) is 0 Å². The molecule has 0 amide bonds. The summed E-state index contributed by atoms with van der Waals surface area (Å²) in [4.78, 5) is 0. The van der Waals surface area contributed by atoms with Crippen molar-refractivity contribution in [3.05, 3.63) is 30.3 Å². The molecule has 0 spiro atoms. The first kappa shape index (κ1) is 11.5. The SMILES string of the molecule is CC(C)O[PH](C)(C)Oc1ccccc1. The maximum atomic E-state index is 5.83. The van der Waals surface area contributed by atoms with Crippen LogP contribution in [0.15, 0.2) is 30.3 Å². The van der Waals surface area contributed by atoms with Crippen molar-refractivity contribution in [3.63, 3.8) is 0 Å². The third-order valence-electron chi connectivity index (χ3n) is 1.63. The van der Waals surface area contributed by atoms with Gasteiger partial charge in [0.25, 0.3) is 0 Å². The van der Waals surface area contributed by atoms with Crippen molar-refractivity contribution in [3.8, 4) is 5.75 Å². The van der Waals surface area contributed by atoms with Crippen LogP contribution in [0.2, 0.25) is 0 Å². The van der Waals surface area contributed by atoms with Crippen molar-refractivity contribution < 1.29 is 9.05 Å². The van der Waals surface area contributed by atoms with Gasteiger partial charge in [-0.15, -0.1) is 0 Å². The van der Waals surface area contributed by atoms with Gasteiger partial charge in [-0.3, -0.25) is 0 Å². The third-order valence-corrected chi connectivity index (χ3v) is 3.39. The van der Waals surface area contributed by atoms with Crippen LogP contribution in [0, 0.1) is 0 Å². The van der Waals surface area contributed by atoms with Gasteiger partial charge in [0, 0.05) is 0 Å². The summed E-state index contributed by atoms with van der Waals surface area (Å²) in [5.41, 5.74) is 0. The van der Waals surface area contributed by atoms with E-state index in [1.165, 1.54) is 0 Å². The van der Waals surface area contributed by atoms with Crippen molar-refractivity contribution in [2.75, 3.05) is 13.3 Å². The van der Waals surface area contributed by atoms with Gasteiger partial charge >= 0.3 is 86.1 Å². The summed E-state index contributed by atoms with van der Waals surface area (Å²) < 4.78 is 11.6. The minimum atomic E-state index is -2.01. The summed E-state index contributed by atoms with van der Waals surface area (Å²) in [6.07, 6.45) is 0.223. The van der Waals surface area contributed by atoms with Gasteiger partial charge in [-0.1, -0.05) is 0 Å². The quantitative estimate of drug-likeness (QED) is 0.716. The van der Waals surface area contributed by atoms with Gasteiger partial charge in [-0.05, 0) is 0 Å². The van der Waals surface area contributed by atoms with E-state index in [0.717, 1.165) is 5.75 Å². The van der Waals surface area contributed by atoms with Gasteiger partial charge in [-0.2, -0.15) is 0 Å². The second-order valence-electron chi connectivity index (χ2n) is 3.98. The number of hydrogen-bond donors (Lipinski definition) is 0. The Labute approximate surface area is 86.7 Å². The van der Waals surface area contributed by atoms with Crippen molar-refractivity contribution in [2.24, 2.45) is 0 Å². The Hall–Kier alpha value is -0.590. The standard InChI is InChI=1S/C11H19O2P/c1-10(2)12-14(3,4)13-11-8-6-5-7-9-11/h5-10,14H,1-4H3. The molecule has 0 aliphatic heterocycles. The summed E-state index contributed by atoms with van der Waals surface area (Å²) in [5, 5.41) is 0. The Morgan fingerprint density at radius 2 is 1.64 bits per heavy atom. The Morgan fingerprint density at radius 3 is 2.14 bits per heavy atom. The first-order valence-electron chi connectivity index (χ1n) is 4.91. The average molecular weight is 214 g/mol. The molecule has 2 nitrogen and oxygen atoms in total. The van der Waals surface area contributed by atoms with Crippen LogP contribution >= 0.6 is 7.72 Å². The van der Waals surface area contributed by atoms with Crippen LogP contribution in [0.4, 0.5) is 0 Å². The molecule has 0 radical (unpaired) electrons. The van der Waals surface area contributed by atoms with Crippen LogP contribution in [0.5, 0.6) is 5.75 Å². The van der Waals surface area contributed by atoms with E-state index in [4.69, 9.17) is 9.05 Å². The summed E-state index contributed by atoms with van der Waals surface area (Å²) in [7, 11) is -2.01. The van der Waals surface area contributed by atoms with Crippen LogP contribution in [-0.4, -0.2) is 19.4 Å². The second-order valence-corrected chi connectivity index (χ2v) is 7.22. The molecule has 0 aliphatic rings. The Morgan fingerprint density at radius 1 is 1.07 bits per heavy atom. The molecule has 14 heavy (non-hydrogen) atoms. The van der Waals surface area contributed by atoms with E-state index >= 15 is 0 Å². The van der Waals surface area contributed by atoms with E-state index in [2.05, 4.69) is 13.3 Å². The molecular formula is C11H19O2P. The maximum absolute atomic E-state index is 5.83. The van der Waals surface area contributed by atoms with Crippen LogP contribution in [0.1, 0.15) is 13.8 Å². The monoisotopic (exact) mass is 214 g/mol. The summed E-state index contributed by atoms with van der Waals surface area (Å²) in [5.74, 6) is 0.893. The van der Waals surface area contributed by atoms with Crippen molar-refractivity contribution in [1.29, 1.82) is 0 Å². The zero-order valence-electron chi connectivity index (χ0n) is 9.28. The zero-order chi connectivity index (χ0) is 10.6. The molecule has 1 aromatic rings.